The molecule has 0 saturated carbocycles. The number of rotatable bonds is 8. The molecule has 0 heterocycles. The Morgan fingerprint density at radius 2 is 1.46 bits per heavy atom. The van der Waals surface area contributed by atoms with Crippen LogP contribution in [0.1, 0.15) is 0 Å². The van der Waals surface area contributed by atoms with Crippen LogP contribution in [0.5, 0.6) is 11.5 Å². The SMILES string of the molecule is COc1ccc(S(=O)(=O)NCCS(=O)(=O)c2ccc(F)cc2)cc1OC. The topological polar surface area (TPSA) is 98.8 Å². The average Bonchev–Trinajstić information content (AvgIpc) is 2.61. The van der Waals surface area contributed by atoms with Crippen LogP contribution in [0.3, 0.4) is 0 Å². The number of hydrogen-bond acceptors (Lipinski definition) is 6. The van der Waals surface area contributed by atoms with Gasteiger partial charge in [0.25, 0.3) is 0 Å². The van der Waals surface area contributed by atoms with Gasteiger partial charge in [0.2, 0.25) is 10.0 Å². The van der Waals surface area contributed by atoms with Crippen molar-refractivity contribution in [1.29, 1.82) is 0 Å². The van der Waals surface area contributed by atoms with E-state index in [1.54, 1.807) is 0 Å². The Hall–Kier alpha value is -2.17. The van der Waals surface area contributed by atoms with Crippen LogP contribution in [0.4, 0.5) is 4.39 Å². The molecule has 2 aromatic carbocycles. The third-order valence-corrected chi connectivity index (χ3v) is 6.69. The maximum absolute atomic E-state index is 12.9. The number of benzene rings is 2. The van der Waals surface area contributed by atoms with Crippen LogP contribution in [0.15, 0.2) is 52.3 Å². The zero-order valence-electron chi connectivity index (χ0n) is 14.1. The molecular formula is C16H18FNO6S2. The van der Waals surface area contributed by atoms with Gasteiger partial charge in [-0.1, -0.05) is 0 Å². The number of ether oxygens (including phenoxy) is 2. The van der Waals surface area contributed by atoms with Gasteiger partial charge >= 0.3 is 0 Å². The van der Waals surface area contributed by atoms with Gasteiger partial charge in [0.05, 0.1) is 29.8 Å². The van der Waals surface area contributed by atoms with Crippen LogP contribution in [0.2, 0.25) is 0 Å². The van der Waals surface area contributed by atoms with E-state index in [-0.39, 0.29) is 22.1 Å². The predicted octanol–water partition coefficient (Wildman–Crippen LogP) is 1.60. The second-order valence-electron chi connectivity index (χ2n) is 5.19. The molecule has 0 atom stereocenters. The molecule has 0 bridgehead atoms. The van der Waals surface area contributed by atoms with E-state index in [4.69, 9.17) is 9.47 Å². The third kappa shape index (κ3) is 4.71. The molecule has 142 valence electrons. The van der Waals surface area contributed by atoms with Gasteiger partial charge in [-0.25, -0.2) is 25.9 Å². The van der Waals surface area contributed by atoms with Gasteiger partial charge in [0, 0.05) is 12.6 Å². The van der Waals surface area contributed by atoms with Crippen LogP contribution in [0.25, 0.3) is 0 Å². The first-order valence-electron chi connectivity index (χ1n) is 7.39. The molecule has 10 heteroatoms. The van der Waals surface area contributed by atoms with Crippen molar-refractivity contribution in [3.8, 4) is 11.5 Å². The summed E-state index contributed by atoms with van der Waals surface area (Å²) in [5.41, 5.74) is 0. The highest BCUT2D eigenvalue weighted by Crippen LogP contribution is 2.29. The first kappa shape index (κ1) is 20.1. The van der Waals surface area contributed by atoms with Crippen LogP contribution in [0, 0.1) is 5.82 Å². The number of methoxy groups -OCH3 is 2. The molecule has 0 aliphatic carbocycles. The van der Waals surface area contributed by atoms with Crippen LogP contribution in [-0.4, -0.2) is 43.4 Å². The second-order valence-corrected chi connectivity index (χ2v) is 9.06. The van der Waals surface area contributed by atoms with Crippen molar-refractivity contribution in [3.63, 3.8) is 0 Å². The van der Waals surface area contributed by atoms with Crippen molar-refractivity contribution in [3.05, 3.63) is 48.3 Å². The normalized spacial score (nSPS) is 12.0. The maximum Gasteiger partial charge on any atom is 0.240 e. The maximum atomic E-state index is 12.9. The van der Waals surface area contributed by atoms with Gasteiger partial charge in [-0.2, -0.15) is 0 Å². The van der Waals surface area contributed by atoms with Crippen molar-refractivity contribution < 1.29 is 30.7 Å². The average molecular weight is 403 g/mol. The summed E-state index contributed by atoms with van der Waals surface area (Å²) in [6, 6.07) is 8.35. The lowest BCUT2D eigenvalue weighted by Gasteiger charge is -2.11. The van der Waals surface area contributed by atoms with Crippen LogP contribution < -0.4 is 14.2 Å². The smallest absolute Gasteiger partial charge is 0.240 e. The monoisotopic (exact) mass is 403 g/mol. The minimum atomic E-state index is -3.94. The molecule has 1 N–H and O–H groups in total. The summed E-state index contributed by atoms with van der Waals surface area (Å²) >= 11 is 0. The number of nitrogens with one attached hydrogen (secondary N) is 1. The second kappa shape index (κ2) is 8.02. The standard InChI is InChI=1S/C16H18FNO6S2/c1-23-15-8-7-14(11-16(15)24-2)26(21,22)18-9-10-25(19,20)13-5-3-12(17)4-6-13/h3-8,11,18H,9-10H2,1-2H3. The minimum absolute atomic E-state index is 0.0794. The lowest BCUT2D eigenvalue weighted by atomic mass is 10.3. The molecule has 2 rings (SSSR count). The van der Waals surface area contributed by atoms with E-state index in [0.717, 1.165) is 24.3 Å². The Kier molecular flexibility index (Phi) is 6.21. The number of sulfone groups is 1. The van der Waals surface area contributed by atoms with E-state index >= 15 is 0 Å². The number of hydrogen-bond donors (Lipinski definition) is 1. The van der Waals surface area contributed by atoms with E-state index in [2.05, 4.69) is 4.72 Å². The molecule has 0 aliphatic rings. The fraction of sp³-hybridized carbons (Fsp3) is 0.250. The summed E-state index contributed by atoms with van der Waals surface area (Å²) in [5, 5.41) is 0. The largest absolute Gasteiger partial charge is 0.493 e. The number of sulfonamides is 1. The Morgan fingerprint density at radius 1 is 0.885 bits per heavy atom. The molecule has 0 amide bonds. The molecule has 0 unspecified atom stereocenters. The van der Waals surface area contributed by atoms with Gasteiger partial charge in [0.1, 0.15) is 5.82 Å². The summed E-state index contributed by atoms with van der Waals surface area (Å²) in [6.45, 7) is -0.337. The molecule has 0 saturated heterocycles. The fourth-order valence-corrected chi connectivity index (χ4v) is 4.47. The molecular weight excluding hydrogens is 385 g/mol. The highest BCUT2D eigenvalue weighted by Gasteiger charge is 2.19. The third-order valence-electron chi connectivity index (χ3n) is 3.50. The van der Waals surface area contributed by atoms with E-state index in [1.807, 2.05) is 0 Å². The first-order valence-corrected chi connectivity index (χ1v) is 10.5. The van der Waals surface area contributed by atoms with E-state index < -0.39 is 31.4 Å². The van der Waals surface area contributed by atoms with Crippen molar-refractivity contribution in [2.75, 3.05) is 26.5 Å². The van der Waals surface area contributed by atoms with Gasteiger partial charge < -0.3 is 9.47 Å². The molecule has 0 radical (unpaired) electrons. The summed E-state index contributed by atoms with van der Waals surface area (Å²) in [6.07, 6.45) is 0. The van der Waals surface area contributed by atoms with E-state index in [9.17, 15) is 21.2 Å². The lowest BCUT2D eigenvalue weighted by molar-refractivity contribution is 0.354. The Bertz CT molecular complexity index is 972. The first-order chi connectivity index (χ1) is 12.2. The molecule has 7 nitrogen and oxygen atoms in total. The molecule has 26 heavy (non-hydrogen) atoms. The molecule has 0 aromatic heterocycles. The molecule has 0 fully saturated rings. The van der Waals surface area contributed by atoms with E-state index in [1.165, 1.54) is 32.4 Å². The highest BCUT2D eigenvalue weighted by atomic mass is 32.2. The summed E-state index contributed by atoms with van der Waals surface area (Å²) < 4.78 is 74.1. The summed E-state index contributed by atoms with van der Waals surface area (Å²) in [4.78, 5) is -0.168. The van der Waals surface area contributed by atoms with Crippen LogP contribution >= 0.6 is 0 Å². The van der Waals surface area contributed by atoms with Gasteiger partial charge in [0.15, 0.2) is 21.3 Å². The summed E-state index contributed by atoms with van der Waals surface area (Å²) in [5.74, 6) is -0.428. The van der Waals surface area contributed by atoms with Crippen LogP contribution in [-0.2, 0) is 19.9 Å². The van der Waals surface area contributed by atoms with Crippen molar-refractivity contribution >= 4 is 19.9 Å². The zero-order chi connectivity index (χ0) is 19.4. The van der Waals surface area contributed by atoms with Gasteiger partial charge in [-0.3, -0.25) is 0 Å². The molecule has 0 spiro atoms. The number of halogens is 1. The van der Waals surface area contributed by atoms with Gasteiger partial charge in [-0.05, 0) is 36.4 Å². The van der Waals surface area contributed by atoms with Crippen molar-refractivity contribution in [2.45, 2.75) is 9.79 Å². The van der Waals surface area contributed by atoms with E-state index in [0.29, 0.717) is 5.75 Å². The minimum Gasteiger partial charge on any atom is -0.493 e. The zero-order valence-corrected chi connectivity index (χ0v) is 15.7. The molecule has 2 aromatic rings. The van der Waals surface area contributed by atoms with Crippen molar-refractivity contribution in [1.82, 2.24) is 4.72 Å². The Labute approximate surface area is 151 Å². The molecule has 0 aliphatic heterocycles. The highest BCUT2D eigenvalue weighted by molar-refractivity contribution is 7.91. The lowest BCUT2D eigenvalue weighted by Crippen LogP contribution is -2.29. The predicted molar refractivity (Wildman–Crippen MR) is 93.2 cm³/mol. The quantitative estimate of drug-likeness (QED) is 0.672. The summed E-state index contributed by atoms with van der Waals surface area (Å²) in [7, 11) is -4.89. The van der Waals surface area contributed by atoms with Crippen molar-refractivity contribution in [2.24, 2.45) is 0 Å². The van der Waals surface area contributed by atoms with Gasteiger partial charge in [-0.15, -0.1) is 0 Å². The Balaban J connectivity index is 2.09. The Morgan fingerprint density at radius 3 is 2.04 bits per heavy atom. The fourth-order valence-electron chi connectivity index (χ4n) is 2.14.